The minimum absolute atomic E-state index is 0.260. The third-order valence-corrected chi connectivity index (χ3v) is 3.12. The van der Waals surface area contributed by atoms with E-state index in [1.165, 1.54) is 0 Å². The zero-order valence-corrected chi connectivity index (χ0v) is 11.1. The molecule has 0 aliphatic rings. The molecule has 0 heterocycles. The van der Waals surface area contributed by atoms with Crippen LogP contribution in [0, 0.1) is 34.9 Å². The number of halogens is 9. The van der Waals surface area contributed by atoms with Crippen molar-refractivity contribution >= 4 is 11.4 Å². The van der Waals surface area contributed by atoms with E-state index < -0.39 is 69.1 Å². The van der Waals surface area contributed by atoms with E-state index in [9.17, 15) is 39.5 Å². The van der Waals surface area contributed by atoms with Gasteiger partial charge in [0.1, 0.15) is 5.69 Å². The van der Waals surface area contributed by atoms with Gasteiger partial charge in [0.25, 0.3) is 0 Å². The van der Waals surface area contributed by atoms with Gasteiger partial charge in [-0.25, -0.2) is 26.3 Å². The SMILES string of the molecule is Nc1c(C(F)(F)F)cc(-c2c(F)c(F)c(N)c(F)c2F)c(F)c1F. The fraction of sp³-hybridized carbons (Fsp3) is 0.0769. The van der Waals surface area contributed by atoms with Crippen LogP contribution in [0.5, 0.6) is 0 Å². The molecule has 0 unspecified atom stereocenters. The lowest BCUT2D eigenvalue weighted by atomic mass is 9.98. The van der Waals surface area contributed by atoms with Crippen LogP contribution >= 0.6 is 0 Å². The standard InChI is InChI=1S/C13H5F9N2/c14-5-2(1-3(13(20,21)22)11(23)8(5)17)4-6(15)9(18)12(24)10(19)7(4)16/h1H,23-24H2. The Labute approximate surface area is 127 Å². The fourth-order valence-electron chi connectivity index (χ4n) is 1.94. The maximum atomic E-state index is 13.8. The summed E-state index contributed by atoms with van der Waals surface area (Å²) in [5.41, 5.74) is 0.647. The Hall–Kier alpha value is -2.59. The van der Waals surface area contributed by atoms with Crippen molar-refractivity contribution in [3.63, 3.8) is 0 Å². The van der Waals surface area contributed by atoms with Gasteiger partial charge >= 0.3 is 6.18 Å². The van der Waals surface area contributed by atoms with Crippen molar-refractivity contribution in [1.29, 1.82) is 0 Å². The second kappa shape index (κ2) is 5.49. The molecule has 0 fully saturated rings. The first kappa shape index (κ1) is 17.8. The molecular weight excluding hydrogens is 355 g/mol. The van der Waals surface area contributed by atoms with E-state index in [4.69, 9.17) is 11.5 Å². The van der Waals surface area contributed by atoms with Gasteiger partial charge in [0.05, 0.1) is 16.8 Å². The molecular formula is C13H5F9N2. The monoisotopic (exact) mass is 360 g/mol. The predicted molar refractivity (Wildman–Crippen MR) is 65.5 cm³/mol. The van der Waals surface area contributed by atoms with Crippen LogP contribution in [0.25, 0.3) is 11.1 Å². The predicted octanol–water partition coefficient (Wildman–Crippen LogP) is 4.37. The zero-order chi connectivity index (χ0) is 18.6. The van der Waals surface area contributed by atoms with Crippen LogP contribution in [0.15, 0.2) is 6.07 Å². The number of rotatable bonds is 1. The van der Waals surface area contributed by atoms with Gasteiger partial charge in [0, 0.05) is 5.56 Å². The maximum absolute atomic E-state index is 13.8. The van der Waals surface area contributed by atoms with E-state index in [-0.39, 0.29) is 6.07 Å². The molecule has 0 spiro atoms. The summed E-state index contributed by atoms with van der Waals surface area (Å²) in [6.07, 6.45) is -5.33. The van der Waals surface area contributed by atoms with Gasteiger partial charge in [-0.2, -0.15) is 13.2 Å². The molecule has 0 saturated heterocycles. The number of hydrogen-bond acceptors (Lipinski definition) is 2. The molecule has 0 aliphatic heterocycles. The summed E-state index contributed by atoms with van der Waals surface area (Å²) in [6.45, 7) is 0. The van der Waals surface area contributed by atoms with Crippen molar-refractivity contribution in [1.82, 2.24) is 0 Å². The van der Waals surface area contributed by atoms with Gasteiger partial charge < -0.3 is 11.5 Å². The van der Waals surface area contributed by atoms with Crippen molar-refractivity contribution in [3.05, 3.63) is 46.5 Å². The van der Waals surface area contributed by atoms with E-state index >= 15 is 0 Å². The molecule has 2 rings (SSSR count). The number of nitrogen functional groups attached to an aromatic ring is 2. The van der Waals surface area contributed by atoms with Crippen molar-refractivity contribution in [2.75, 3.05) is 11.5 Å². The summed E-state index contributed by atoms with van der Waals surface area (Å²) in [6, 6.07) is -0.260. The molecule has 0 aliphatic carbocycles. The van der Waals surface area contributed by atoms with E-state index in [0.717, 1.165) is 0 Å². The number of benzene rings is 2. The van der Waals surface area contributed by atoms with Crippen molar-refractivity contribution < 1.29 is 39.5 Å². The molecule has 0 saturated carbocycles. The summed E-state index contributed by atoms with van der Waals surface area (Å²) in [7, 11) is 0. The average molecular weight is 360 g/mol. The number of alkyl halides is 3. The molecule has 11 heteroatoms. The van der Waals surface area contributed by atoms with Crippen LogP contribution < -0.4 is 11.5 Å². The largest absolute Gasteiger partial charge is 0.418 e. The first-order chi connectivity index (χ1) is 10.9. The Morgan fingerprint density at radius 1 is 0.625 bits per heavy atom. The van der Waals surface area contributed by atoms with Crippen molar-refractivity contribution in [2.45, 2.75) is 6.18 Å². The highest BCUT2D eigenvalue weighted by Gasteiger charge is 2.38. The summed E-state index contributed by atoms with van der Waals surface area (Å²) in [4.78, 5) is 0. The van der Waals surface area contributed by atoms with Crippen LogP contribution in [-0.2, 0) is 6.18 Å². The summed E-state index contributed by atoms with van der Waals surface area (Å²) >= 11 is 0. The molecule has 2 aromatic rings. The van der Waals surface area contributed by atoms with Gasteiger partial charge in [-0.05, 0) is 6.07 Å². The van der Waals surface area contributed by atoms with Gasteiger partial charge in [-0.15, -0.1) is 0 Å². The lowest BCUT2D eigenvalue weighted by Crippen LogP contribution is -2.14. The van der Waals surface area contributed by atoms with E-state index in [1.54, 1.807) is 0 Å². The molecule has 24 heavy (non-hydrogen) atoms. The third-order valence-electron chi connectivity index (χ3n) is 3.12. The highest BCUT2D eigenvalue weighted by Crippen LogP contribution is 2.42. The molecule has 0 amide bonds. The summed E-state index contributed by atoms with van der Waals surface area (Å²) < 4.78 is 120. The average Bonchev–Trinajstić information content (AvgIpc) is 2.49. The number of nitrogens with two attached hydrogens (primary N) is 2. The minimum Gasteiger partial charge on any atom is -0.396 e. The van der Waals surface area contributed by atoms with Gasteiger partial charge in [0.2, 0.25) is 0 Å². The number of anilines is 2. The Balaban J connectivity index is 2.97. The summed E-state index contributed by atoms with van der Waals surface area (Å²) in [5.74, 6) is -13.4. The lowest BCUT2D eigenvalue weighted by Gasteiger charge is -2.16. The molecule has 0 aromatic heterocycles. The second-order valence-corrected chi connectivity index (χ2v) is 4.56. The van der Waals surface area contributed by atoms with Gasteiger partial charge in [0.15, 0.2) is 34.9 Å². The molecule has 130 valence electrons. The van der Waals surface area contributed by atoms with E-state index in [0.29, 0.717) is 0 Å². The highest BCUT2D eigenvalue weighted by molar-refractivity contribution is 5.72. The maximum Gasteiger partial charge on any atom is 0.418 e. The molecule has 0 atom stereocenters. The molecule has 2 nitrogen and oxygen atoms in total. The van der Waals surface area contributed by atoms with Crippen LogP contribution in [0.3, 0.4) is 0 Å². The second-order valence-electron chi connectivity index (χ2n) is 4.56. The Bertz CT molecular complexity index is 814. The normalized spacial score (nSPS) is 11.9. The first-order valence-corrected chi connectivity index (χ1v) is 5.86. The summed E-state index contributed by atoms with van der Waals surface area (Å²) in [5, 5.41) is 0. The van der Waals surface area contributed by atoms with E-state index in [1.807, 2.05) is 0 Å². The Morgan fingerprint density at radius 2 is 1.04 bits per heavy atom. The lowest BCUT2D eigenvalue weighted by molar-refractivity contribution is -0.137. The molecule has 0 bridgehead atoms. The van der Waals surface area contributed by atoms with Crippen LogP contribution in [0.1, 0.15) is 5.56 Å². The third kappa shape index (κ3) is 2.49. The van der Waals surface area contributed by atoms with Gasteiger partial charge in [-0.3, -0.25) is 0 Å². The minimum atomic E-state index is -5.33. The fourth-order valence-corrected chi connectivity index (χ4v) is 1.94. The van der Waals surface area contributed by atoms with Gasteiger partial charge in [-0.1, -0.05) is 0 Å². The Kier molecular flexibility index (Phi) is 4.07. The molecule has 4 N–H and O–H groups in total. The van der Waals surface area contributed by atoms with Crippen LogP contribution in [-0.4, -0.2) is 0 Å². The van der Waals surface area contributed by atoms with Crippen LogP contribution in [0.2, 0.25) is 0 Å². The Morgan fingerprint density at radius 3 is 1.46 bits per heavy atom. The zero-order valence-electron chi connectivity index (χ0n) is 11.1. The molecule has 0 radical (unpaired) electrons. The quantitative estimate of drug-likeness (QED) is 0.451. The molecule has 2 aromatic carbocycles. The number of hydrogen-bond donors (Lipinski definition) is 2. The topological polar surface area (TPSA) is 52.0 Å². The van der Waals surface area contributed by atoms with E-state index in [2.05, 4.69) is 0 Å². The highest BCUT2D eigenvalue weighted by atomic mass is 19.4. The smallest absolute Gasteiger partial charge is 0.396 e. The first-order valence-electron chi connectivity index (χ1n) is 5.86. The van der Waals surface area contributed by atoms with Crippen molar-refractivity contribution in [2.24, 2.45) is 0 Å². The van der Waals surface area contributed by atoms with Crippen molar-refractivity contribution in [3.8, 4) is 11.1 Å². The van der Waals surface area contributed by atoms with Crippen LogP contribution in [0.4, 0.5) is 50.9 Å².